The van der Waals surface area contributed by atoms with Crippen LogP contribution in [0.4, 0.5) is 5.69 Å². The molecular weight excluding hydrogens is 174 g/mol. The number of fused-ring (bicyclic) bond motifs is 1. The van der Waals surface area contributed by atoms with Crippen molar-refractivity contribution in [2.75, 3.05) is 18.5 Å². The fourth-order valence-electron chi connectivity index (χ4n) is 1.79. The molecule has 2 rings (SSSR count). The average molecular weight is 191 g/mol. The largest absolute Gasteiger partial charge is 0.490 e. The van der Waals surface area contributed by atoms with Gasteiger partial charge in [0.05, 0.1) is 5.69 Å². The van der Waals surface area contributed by atoms with Gasteiger partial charge in [-0.05, 0) is 30.0 Å². The van der Waals surface area contributed by atoms with E-state index in [0.29, 0.717) is 5.92 Å². The summed E-state index contributed by atoms with van der Waals surface area (Å²) < 4.78 is 5.52. The smallest absolute Gasteiger partial charge is 0.142 e. The molecule has 1 N–H and O–H groups in total. The van der Waals surface area contributed by atoms with Gasteiger partial charge in [0, 0.05) is 6.54 Å². The number of ether oxygens (including phenoxy) is 1. The highest BCUT2D eigenvalue weighted by Crippen LogP contribution is 2.28. The lowest BCUT2D eigenvalue weighted by Crippen LogP contribution is -2.18. The van der Waals surface area contributed by atoms with Crippen LogP contribution in [0, 0.1) is 5.92 Å². The second kappa shape index (κ2) is 3.91. The van der Waals surface area contributed by atoms with E-state index in [2.05, 4.69) is 37.4 Å². The minimum atomic E-state index is 0.706. The minimum Gasteiger partial charge on any atom is -0.490 e. The zero-order valence-corrected chi connectivity index (χ0v) is 8.84. The Hall–Kier alpha value is -1.18. The number of benzene rings is 1. The predicted molar refractivity (Wildman–Crippen MR) is 59.0 cm³/mol. The second-order valence-corrected chi connectivity index (χ2v) is 4.20. The van der Waals surface area contributed by atoms with Crippen LogP contribution in [0.2, 0.25) is 0 Å². The van der Waals surface area contributed by atoms with Crippen molar-refractivity contribution in [2.24, 2.45) is 5.92 Å². The monoisotopic (exact) mass is 191 g/mol. The van der Waals surface area contributed by atoms with E-state index in [1.807, 2.05) is 0 Å². The van der Waals surface area contributed by atoms with Gasteiger partial charge in [-0.3, -0.25) is 0 Å². The van der Waals surface area contributed by atoms with Gasteiger partial charge in [0.15, 0.2) is 0 Å². The van der Waals surface area contributed by atoms with E-state index in [1.165, 1.54) is 5.56 Å². The Balaban J connectivity index is 2.20. The third-order valence-corrected chi connectivity index (χ3v) is 2.36. The van der Waals surface area contributed by atoms with E-state index in [-0.39, 0.29) is 0 Å². The van der Waals surface area contributed by atoms with Gasteiger partial charge in [-0.15, -0.1) is 0 Å². The molecule has 76 valence electrons. The molecule has 0 atom stereocenters. The molecule has 2 nitrogen and oxygen atoms in total. The molecule has 0 saturated carbocycles. The summed E-state index contributed by atoms with van der Waals surface area (Å²) in [5, 5.41) is 3.35. The van der Waals surface area contributed by atoms with Crippen molar-refractivity contribution in [2.45, 2.75) is 20.3 Å². The molecular formula is C12H17NO. The Morgan fingerprint density at radius 3 is 3.07 bits per heavy atom. The summed E-state index contributed by atoms with van der Waals surface area (Å²) in [7, 11) is 0. The van der Waals surface area contributed by atoms with E-state index in [9.17, 15) is 0 Å². The molecule has 1 aliphatic heterocycles. The topological polar surface area (TPSA) is 21.3 Å². The summed E-state index contributed by atoms with van der Waals surface area (Å²) in [6.07, 6.45) is 1.13. The summed E-state index contributed by atoms with van der Waals surface area (Å²) in [6, 6.07) is 6.43. The number of hydrogen-bond donors (Lipinski definition) is 1. The molecule has 2 heteroatoms. The summed E-state index contributed by atoms with van der Waals surface area (Å²) in [4.78, 5) is 0. The molecule has 0 spiro atoms. The van der Waals surface area contributed by atoms with Crippen LogP contribution in [0.1, 0.15) is 19.4 Å². The summed E-state index contributed by atoms with van der Waals surface area (Å²) in [5.74, 6) is 1.70. The highest BCUT2D eigenvalue weighted by molar-refractivity contribution is 5.59. The van der Waals surface area contributed by atoms with Crippen molar-refractivity contribution in [3.63, 3.8) is 0 Å². The van der Waals surface area contributed by atoms with Gasteiger partial charge < -0.3 is 10.1 Å². The maximum atomic E-state index is 5.52. The molecule has 0 saturated heterocycles. The van der Waals surface area contributed by atoms with Gasteiger partial charge in [0.2, 0.25) is 0 Å². The lowest BCUT2D eigenvalue weighted by Gasteiger charge is -2.20. The highest BCUT2D eigenvalue weighted by atomic mass is 16.5. The third-order valence-electron chi connectivity index (χ3n) is 2.36. The molecule has 0 fully saturated rings. The molecule has 1 aromatic carbocycles. The van der Waals surface area contributed by atoms with Crippen LogP contribution >= 0.6 is 0 Å². The first kappa shape index (κ1) is 9.38. The second-order valence-electron chi connectivity index (χ2n) is 4.20. The number of nitrogens with one attached hydrogen (secondary N) is 1. The summed E-state index contributed by atoms with van der Waals surface area (Å²) in [5.41, 5.74) is 2.53. The van der Waals surface area contributed by atoms with Crippen LogP contribution < -0.4 is 10.1 Å². The quantitative estimate of drug-likeness (QED) is 0.776. The fourth-order valence-corrected chi connectivity index (χ4v) is 1.79. The van der Waals surface area contributed by atoms with Crippen molar-refractivity contribution in [3.8, 4) is 5.75 Å². The fraction of sp³-hybridized carbons (Fsp3) is 0.500. The van der Waals surface area contributed by atoms with E-state index in [4.69, 9.17) is 4.74 Å². The van der Waals surface area contributed by atoms with Crippen molar-refractivity contribution >= 4 is 5.69 Å². The zero-order chi connectivity index (χ0) is 9.97. The van der Waals surface area contributed by atoms with Crippen molar-refractivity contribution in [1.82, 2.24) is 0 Å². The Kier molecular flexibility index (Phi) is 2.62. The Morgan fingerprint density at radius 2 is 2.29 bits per heavy atom. The number of anilines is 1. The van der Waals surface area contributed by atoms with E-state index in [0.717, 1.165) is 31.0 Å². The zero-order valence-electron chi connectivity index (χ0n) is 8.84. The maximum absolute atomic E-state index is 5.52. The molecule has 14 heavy (non-hydrogen) atoms. The molecule has 0 amide bonds. The van der Waals surface area contributed by atoms with Gasteiger partial charge in [0.1, 0.15) is 12.4 Å². The first-order valence-electron chi connectivity index (χ1n) is 5.25. The molecule has 0 bridgehead atoms. The van der Waals surface area contributed by atoms with E-state index >= 15 is 0 Å². The van der Waals surface area contributed by atoms with Crippen LogP contribution in [0.3, 0.4) is 0 Å². The molecule has 1 aliphatic rings. The van der Waals surface area contributed by atoms with Crippen LogP contribution in [0.5, 0.6) is 5.75 Å². The Morgan fingerprint density at radius 1 is 1.43 bits per heavy atom. The van der Waals surface area contributed by atoms with Crippen molar-refractivity contribution in [3.05, 3.63) is 23.8 Å². The normalized spacial score (nSPS) is 14.5. The average Bonchev–Trinajstić information content (AvgIpc) is 2.17. The van der Waals surface area contributed by atoms with Gasteiger partial charge >= 0.3 is 0 Å². The summed E-state index contributed by atoms with van der Waals surface area (Å²) >= 11 is 0. The van der Waals surface area contributed by atoms with Gasteiger partial charge in [-0.1, -0.05) is 19.9 Å². The summed E-state index contributed by atoms with van der Waals surface area (Å²) in [6.45, 7) is 6.17. The lowest BCUT2D eigenvalue weighted by molar-refractivity contribution is 0.323. The lowest BCUT2D eigenvalue weighted by atomic mass is 10.0. The van der Waals surface area contributed by atoms with Crippen molar-refractivity contribution < 1.29 is 4.74 Å². The van der Waals surface area contributed by atoms with Crippen molar-refractivity contribution in [1.29, 1.82) is 0 Å². The molecule has 0 unspecified atom stereocenters. The van der Waals surface area contributed by atoms with E-state index in [1.54, 1.807) is 0 Å². The third kappa shape index (κ3) is 2.00. The molecule has 1 heterocycles. The number of hydrogen-bond acceptors (Lipinski definition) is 2. The number of rotatable bonds is 2. The molecule has 1 aromatic rings. The molecule has 0 aliphatic carbocycles. The maximum Gasteiger partial charge on any atom is 0.142 e. The molecule has 0 radical (unpaired) electrons. The van der Waals surface area contributed by atoms with Gasteiger partial charge in [0.25, 0.3) is 0 Å². The first-order valence-corrected chi connectivity index (χ1v) is 5.25. The first-order chi connectivity index (χ1) is 6.75. The van der Waals surface area contributed by atoms with Gasteiger partial charge in [-0.2, -0.15) is 0 Å². The minimum absolute atomic E-state index is 0.706. The predicted octanol–water partition coefficient (Wildman–Crippen LogP) is 2.69. The highest BCUT2D eigenvalue weighted by Gasteiger charge is 2.09. The van der Waals surface area contributed by atoms with Gasteiger partial charge in [-0.25, -0.2) is 0 Å². The Bertz CT molecular complexity index is 320. The van der Waals surface area contributed by atoms with Crippen LogP contribution in [-0.4, -0.2) is 13.2 Å². The van der Waals surface area contributed by atoms with Crippen LogP contribution in [-0.2, 0) is 6.42 Å². The van der Waals surface area contributed by atoms with Crippen LogP contribution in [0.15, 0.2) is 18.2 Å². The Labute approximate surface area is 85.3 Å². The SMILES string of the molecule is CC(C)Cc1ccc2c(c1)NCCO2. The van der Waals surface area contributed by atoms with Crippen LogP contribution in [0.25, 0.3) is 0 Å². The van der Waals surface area contributed by atoms with E-state index < -0.39 is 0 Å². The standard InChI is InChI=1S/C12H17NO/c1-9(2)7-10-3-4-12-11(8-10)13-5-6-14-12/h3-4,8-9,13H,5-7H2,1-2H3. The molecule has 0 aromatic heterocycles.